The first kappa shape index (κ1) is 24.4. The number of rotatable bonds is 7. The average Bonchev–Trinajstić information content (AvgIpc) is 3.11. The summed E-state index contributed by atoms with van der Waals surface area (Å²) in [6, 6.07) is 0.368. The number of carbonyl (C=O) groups is 1. The van der Waals surface area contributed by atoms with Gasteiger partial charge in [-0.2, -0.15) is 0 Å². The Balaban J connectivity index is 0.00000364. The van der Waals surface area contributed by atoms with E-state index in [1.165, 1.54) is 0 Å². The van der Waals surface area contributed by atoms with Gasteiger partial charge >= 0.3 is 0 Å². The third-order valence-electron chi connectivity index (χ3n) is 4.87. The number of aliphatic imine (C=N–C) groups is 1. The lowest BCUT2D eigenvalue weighted by molar-refractivity contribution is -0.127. The van der Waals surface area contributed by atoms with Crippen molar-refractivity contribution in [2.45, 2.75) is 76.7 Å². The quantitative estimate of drug-likeness (QED) is 0.321. The Kier molecular flexibility index (Phi) is 11.6. The Hall–Kier alpha value is -0.610. The van der Waals surface area contributed by atoms with Crippen LogP contribution in [0.3, 0.4) is 0 Å². The molecule has 1 saturated heterocycles. The molecule has 2 aliphatic rings. The Morgan fingerprint density at radius 1 is 1.22 bits per heavy atom. The number of amides is 1. The molecular formula is C19H37IN4O3. The fourth-order valence-corrected chi connectivity index (χ4v) is 3.38. The van der Waals surface area contributed by atoms with Gasteiger partial charge in [0.15, 0.2) is 5.96 Å². The number of carbonyl (C=O) groups excluding carboxylic acids is 1. The van der Waals surface area contributed by atoms with Crippen LogP contribution >= 0.6 is 24.0 Å². The van der Waals surface area contributed by atoms with Gasteiger partial charge in [0, 0.05) is 33.3 Å². The first-order valence-electron chi connectivity index (χ1n) is 9.96. The zero-order valence-corrected chi connectivity index (χ0v) is 19.5. The molecule has 158 valence electrons. The molecule has 1 unspecified atom stereocenters. The fourth-order valence-electron chi connectivity index (χ4n) is 3.38. The third kappa shape index (κ3) is 9.43. The average molecular weight is 496 g/mol. The van der Waals surface area contributed by atoms with E-state index in [0.717, 1.165) is 51.7 Å². The molecule has 1 saturated carbocycles. The summed E-state index contributed by atoms with van der Waals surface area (Å²) in [5, 5.41) is 6.86. The van der Waals surface area contributed by atoms with E-state index in [1.807, 2.05) is 0 Å². The van der Waals surface area contributed by atoms with Gasteiger partial charge in [-0.15, -0.1) is 24.0 Å². The van der Waals surface area contributed by atoms with Crippen molar-refractivity contribution in [2.24, 2.45) is 4.99 Å². The summed E-state index contributed by atoms with van der Waals surface area (Å²) in [6.45, 7) is 5.90. The molecule has 1 heterocycles. The van der Waals surface area contributed by atoms with Crippen LogP contribution in [0, 0.1) is 0 Å². The third-order valence-corrected chi connectivity index (χ3v) is 4.87. The predicted molar refractivity (Wildman–Crippen MR) is 119 cm³/mol. The highest BCUT2D eigenvalue weighted by Gasteiger charge is 2.23. The number of guanidine groups is 1. The van der Waals surface area contributed by atoms with Crippen molar-refractivity contribution < 1.29 is 14.3 Å². The van der Waals surface area contributed by atoms with Crippen LogP contribution in [0.2, 0.25) is 0 Å². The molecule has 0 radical (unpaired) electrons. The lowest BCUT2D eigenvalue weighted by Crippen LogP contribution is -2.47. The van der Waals surface area contributed by atoms with E-state index in [2.05, 4.69) is 29.5 Å². The highest BCUT2D eigenvalue weighted by Crippen LogP contribution is 2.22. The maximum atomic E-state index is 11.9. The maximum absolute atomic E-state index is 11.9. The number of nitrogens with one attached hydrogen (secondary N) is 2. The topological polar surface area (TPSA) is 75.2 Å². The minimum Gasteiger partial charge on any atom is -0.376 e. The van der Waals surface area contributed by atoms with Crippen molar-refractivity contribution in [3.05, 3.63) is 0 Å². The minimum absolute atomic E-state index is 0. The summed E-state index contributed by atoms with van der Waals surface area (Å²) < 4.78 is 11.6. The molecular weight excluding hydrogens is 459 g/mol. The smallest absolute Gasteiger partial charge is 0.243 e. The van der Waals surface area contributed by atoms with E-state index in [0.29, 0.717) is 18.1 Å². The highest BCUT2D eigenvalue weighted by atomic mass is 127. The molecule has 1 amide bonds. The second-order valence-corrected chi connectivity index (χ2v) is 7.77. The summed E-state index contributed by atoms with van der Waals surface area (Å²) in [6.07, 6.45) is 7.31. The summed E-state index contributed by atoms with van der Waals surface area (Å²) >= 11 is 0. The van der Waals surface area contributed by atoms with Crippen LogP contribution in [0.15, 0.2) is 4.99 Å². The molecule has 2 fully saturated rings. The normalized spacial score (nSPS) is 25.8. The SMILES string of the molecule is CC(C)OC1CCC(NC(=NCC(=O)N(C)C)NCC2CCCO2)CC1.I. The van der Waals surface area contributed by atoms with Gasteiger partial charge in [0.1, 0.15) is 6.54 Å². The summed E-state index contributed by atoms with van der Waals surface area (Å²) in [4.78, 5) is 17.9. The van der Waals surface area contributed by atoms with E-state index < -0.39 is 0 Å². The fraction of sp³-hybridized carbons (Fsp3) is 0.895. The monoisotopic (exact) mass is 496 g/mol. The zero-order valence-electron chi connectivity index (χ0n) is 17.2. The van der Waals surface area contributed by atoms with Crippen molar-refractivity contribution in [3.8, 4) is 0 Å². The lowest BCUT2D eigenvalue weighted by atomic mass is 9.93. The van der Waals surface area contributed by atoms with Crippen LogP contribution in [0.25, 0.3) is 0 Å². The highest BCUT2D eigenvalue weighted by molar-refractivity contribution is 14.0. The molecule has 2 rings (SSSR count). The number of nitrogens with zero attached hydrogens (tertiary/aromatic N) is 2. The van der Waals surface area contributed by atoms with Crippen molar-refractivity contribution >= 4 is 35.8 Å². The van der Waals surface area contributed by atoms with Gasteiger partial charge in [-0.3, -0.25) is 4.79 Å². The lowest BCUT2D eigenvalue weighted by Gasteiger charge is -2.31. The van der Waals surface area contributed by atoms with Gasteiger partial charge in [-0.05, 0) is 52.4 Å². The molecule has 1 atom stereocenters. The molecule has 0 aromatic rings. The molecule has 0 spiro atoms. The maximum Gasteiger partial charge on any atom is 0.243 e. The second kappa shape index (κ2) is 12.8. The van der Waals surface area contributed by atoms with Crippen molar-refractivity contribution in [1.82, 2.24) is 15.5 Å². The molecule has 1 aliphatic heterocycles. The Morgan fingerprint density at radius 3 is 2.48 bits per heavy atom. The van der Waals surface area contributed by atoms with Crippen LogP contribution in [-0.2, 0) is 14.3 Å². The van der Waals surface area contributed by atoms with Crippen molar-refractivity contribution in [3.63, 3.8) is 0 Å². The van der Waals surface area contributed by atoms with E-state index in [9.17, 15) is 4.79 Å². The Bertz CT molecular complexity index is 460. The van der Waals surface area contributed by atoms with Crippen LogP contribution < -0.4 is 10.6 Å². The molecule has 0 aromatic carbocycles. The van der Waals surface area contributed by atoms with Gasteiger partial charge in [0.2, 0.25) is 5.91 Å². The van der Waals surface area contributed by atoms with E-state index in [-0.39, 0.29) is 48.6 Å². The first-order chi connectivity index (χ1) is 12.4. The van der Waals surface area contributed by atoms with Gasteiger partial charge in [-0.25, -0.2) is 4.99 Å². The van der Waals surface area contributed by atoms with Crippen LogP contribution in [-0.4, -0.2) is 74.9 Å². The predicted octanol–water partition coefficient (Wildman–Crippen LogP) is 2.14. The summed E-state index contributed by atoms with van der Waals surface area (Å²) in [5.74, 6) is 0.709. The van der Waals surface area contributed by atoms with Gasteiger partial charge in [-0.1, -0.05) is 0 Å². The molecule has 27 heavy (non-hydrogen) atoms. The Labute approximate surface area is 181 Å². The standard InChI is InChI=1S/C19H36N4O3.HI/c1-14(2)26-16-9-7-15(8-10-16)22-19(21-13-18(24)23(3)4)20-12-17-6-5-11-25-17;/h14-17H,5-13H2,1-4H3,(H2,20,21,22);1H. The molecule has 7 nitrogen and oxygen atoms in total. The van der Waals surface area contributed by atoms with Gasteiger partial charge in [0.25, 0.3) is 0 Å². The molecule has 1 aliphatic carbocycles. The first-order valence-corrected chi connectivity index (χ1v) is 9.96. The molecule has 2 N–H and O–H groups in total. The molecule has 0 aromatic heterocycles. The number of hydrogen-bond acceptors (Lipinski definition) is 4. The number of likely N-dealkylation sites (N-methyl/N-ethyl adjacent to an activating group) is 1. The van der Waals surface area contributed by atoms with Crippen molar-refractivity contribution in [2.75, 3.05) is 33.8 Å². The van der Waals surface area contributed by atoms with Crippen molar-refractivity contribution in [1.29, 1.82) is 0 Å². The Morgan fingerprint density at radius 2 is 1.93 bits per heavy atom. The van der Waals surface area contributed by atoms with Crippen LogP contribution in [0.4, 0.5) is 0 Å². The van der Waals surface area contributed by atoms with E-state index in [4.69, 9.17) is 9.47 Å². The van der Waals surface area contributed by atoms with Gasteiger partial charge < -0.3 is 25.0 Å². The minimum atomic E-state index is -0.00254. The van der Waals surface area contributed by atoms with E-state index >= 15 is 0 Å². The zero-order chi connectivity index (χ0) is 18.9. The largest absolute Gasteiger partial charge is 0.376 e. The molecule has 0 bridgehead atoms. The second-order valence-electron chi connectivity index (χ2n) is 7.77. The molecule has 8 heteroatoms. The van der Waals surface area contributed by atoms with Crippen LogP contribution in [0.5, 0.6) is 0 Å². The van der Waals surface area contributed by atoms with Crippen LogP contribution in [0.1, 0.15) is 52.4 Å². The number of ether oxygens (including phenoxy) is 2. The summed E-state index contributed by atoms with van der Waals surface area (Å²) in [5.41, 5.74) is 0. The van der Waals surface area contributed by atoms with Gasteiger partial charge in [0.05, 0.1) is 18.3 Å². The van der Waals surface area contributed by atoms with E-state index in [1.54, 1.807) is 19.0 Å². The number of hydrogen-bond donors (Lipinski definition) is 2. The summed E-state index contributed by atoms with van der Waals surface area (Å²) in [7, 11) is 3.50. The number of halogens is 1.